The van der Waals surface area contributed by atoms with Crippen molar-refractivity contribution in [1.29, 1.82) is 0 Å². The van der Waals surface area contributed by atoms with Crippen molar-refractivity contribution < 1.29 is 14.3 Å². The number of nitrogens with zero attached hydrogens (tertiary/aromatic N) is 4. The average Bonchev–Trinajstić information content (AvgIpc) is 3.15. The van der Waals surface area contributed by atoms with Crippen LogP contribution >= 0.6 is 0 Å². The number of carbonyl (C=O) groups is 2. The molecule has 1 aromatic carbocycles. The molecule has 1 unspecified atom stereocenters. The molecule has 3 saturated heterocycles. The minimum Gasteiger partial charge on any atom is -0.375 e. The summed E-state index contributed by atoms with van der Waals surface area (Å²) in [6, 6.07) is 6.41. The molecule has 8 nitrogen and oxygen atoms in total. The fraction of sp³-hybridized carbons (Fsp3) is 0.667. The van der Waals surface area contributed by atoms with Crippen LogP contribution in [0.4, 0.5) is 5.69 Å². The van der Waals surface area contributed by atoms with E-state index in [9.17, 15) is 9.59 Å². The monoisotopic (exact) mass is 481 g/mol. The van der Waals surface area contributed by atoms with Crippen LogP contribution in [0.25, 0.3) is 10.9 Å². The van der Waals surface area contributed by atoms with Crippen molar-refractivity contribution in [2.75, 3.05) is 31.1 Å². The third-order valence-corrected chi connectivity index (χ3v) is 8.02. The number of likely N-dealkylation sites (tertiary alicyclic amines) is 1. The minimum absolute atomic E-state index is 0.198. The molecule has 3 fully saturated rings. The van der Waals surface area contributed by atoms with Crippen molar-refractivity contribution >= 4 is 28.4 Å². The van der Waals surface area contributed by atoms with E-state index in [2.05, 4.69) is 59.2 Å². The molecule has 0 radical (unpaired) electrons. The highest BCUT2D eigenvalue weighted by atomic mass is 16.5. The summed E-state index contributed by atoms with van der Waals surface area (Å²) in [5.41, 5.74) is 3.22. The molecule has 2 amide bonds. The molecular weight excluding hydrogens is 442 g/mol. The normalized spacial score (nSPS) is 23.8. The zero-order valence-corrected chi connectivity index (χ0v) is 21.5. The lowest BCUT2D eigenvalue weighted by atomic mass is 9.92. The average molecular weight is 482 g/mol. The predicted octanol–water partition coefficient (Wildman–Crippen LogP) is 3.34. The lowest BCUT2D eigenvalue weighted by molar-refractivity contribution is -0.134. The zero-order valence-electron chi connectivity index (χ0n) is 21.5. The largest absolute Gasteiger partial charge is 0.375 e. The van der Waals surface area contributed by atoms with Crippen molar-refractivity contribution in [2.24, 2.45) is 7.05 Å². The molecule has 2 aromatic rings. The summed E-state index contributed by atoms with van der Waals surface area (Å²) in [4.78, 5) is 28.9. The van der Waals surface area contributed by atoms with Crippen LogP contribution in [0, 0.1) is 0 Å². The van der Waals surface area contributed by atoms with Gasteiger partial charge < -0.3 is 9.64 Å². The summed E-state index contributed by atoms with van der Waals surface area (Å²) >= 11 is 0. The number of ether oxygens (including phenoxy) is 1. The van der Waals surface area contributed by atoms with E-state index in [1.807, 2.05) is 11.7 Å². The van der Waals surface area contributed by atoms with E-state index in [0.29, 0.717) is 25.0 Å². The standard InChI is InChI=1S/C27H39N5O3/c1-27(2,3)32-15-11-20(12-16-32)35-19-9-13-31(14-10-19)18-5-6-21-23(17-18)30(4)29-25(21)22-7-8-24(33)28-26(22)34/h5-6,17,19-20,22H,7-16H2,1-4H3,(H,28,33,34). The molecule has 190 valence electrons. The Balaban J connectivity index is 1.20. The van der Waals surface area contributed by atoms with Gasteiger partial charge in [-0.3, -0.25) is 24.5 Å². The number of hydrogen-bond acceptors (Lipinski definition) is 6. The van der Waals surface area contributed by atoms with Crippen LogP contribution in [0.2, 0.25) is 0 Å². The lowest BCUT2D eigenvalue weighted by Crippen LogP contribution is -2.48. The van der Waals surface area contributed by atoms with E-state index in [-0.39, 0.29) is 23.3 Å². The van der Waals surface area contributed by atoms with Gasteiger partial charge in [0.1, 0.15) is 0 Å². The molecule has 0 bridgehead atoms. The van der Waals surface area contributed by atoms with Gasteiger partial charge in [-0.1, -0.05) is 0 Å². The van der Waals surface area contributed by atoms with Crippen LogP contribution in [-0.2, 0) is 21.4 Å². The molecular formula is C27H39N5O3. The first kappa shape index (κ1) is 24.3. The number of benzene rings is 1. The van der Waals surface area contributed by atoms with E-state index in [1.165, 1.54) is 5.69 Å². The second kappa shape index (κ2) is 9.54. The highest BCUT2D eigenvalue weighted by molar-refractivity contribution is 6.02. The van der Waals surface area contributed by atoms with Crippen LogP contribution in [-0.4, -0.2) is 70.4 Å². The number of piperidine rings is 3. The number of aryl methyl sites for hydroxylation is 1. The number of fused-ring (bicyclic) bond motifs is 1. The number of aromatic nitrogens is 2. The van der Waals surface area contributed by atoms with Crippen molar-refractivity contribution in [3.63, 3.8) is 0 Å². The Morgan fingerprint density at radius 2 is 1.63 bits per heavy atom. The highest BCUT2D eigenvalue weighted by Gasteiger charge is 2.32. The lowest BCUT2D eigenvalue weighted by Gasteiger charge is -2.42. The third-order valence-electron chi connectivity index (χ3n) is 8.02. The van der Waals surface area contributed by atoms with Crippen LogP contribution < -0.4 is 10.2 Å². The molecule has 3 aliphatic rings. The van der Waals surface area contributed by atoms with Crippen LogP contribution in [0.1, 0.15) is 70.9 Å². The van der Waals surface area contributed by atoms with Gasteiger partial charge in [-0.2, -0.15) is 5.10 Å². The van der Waals surface area contributed by atoms with Gasteiger partial charge in [0, 0.05) is 56.3 Å². The van der Waals surface area contributed by atoms with Gasteiger partial charge in [-0.15, -0.1) is 0 Å². The first-order chi connectivity index (χ1) is 16.7. The summed E-state index contributed by atoms with van der Waals surface area (Å²) in [5, 5.41) is 8.12. The minimum atomic E-state index is -0.370. The van der Waals surface area contributed by atoms with Gasteiger partial charge in [0.15, 0.2) is 0 Å². The second-order valence-electron chi connectivity index (χ2n) is 11.4. The van der Waals surface area contributed by atoms with Gasteiger partial charge in [-0.25, -0.2) is 0 Å². The summed E-state index contributed by atoms with van der Waals surface area (Å²) < 4.78 is 8.38. The molecule has 8 heteroatoms. The molecule has 3 aliphatic heterocycles. The van der Waals surface area contributed by atoms with Gasteiger partial charge in [-0.05, 0) is 71.1 Å². The van der Waals surface area contributed by atoms with E-state index < -0.39 is 0 Å². The molecule has 1 atom stereocenters. The maximum Gasteiger partial charge on any atom is 0.235 e. The molecule has 5 rings (SSSR count). The Kier molecular flexibility index (Phi) is 6.61. The van der Waals surface area contributed by atoms with E-state index in [0.717, 1.165) is 68.5 Å². The Morgan fingerprint density at radius 3 is 2.26 bits per heavy atom. The third kappa shape index (κ3) is 5.09. The van der Waals surface area contributed by atoms with Gasteiger partial charge in [0.05, 0.1) is 29.3 Å². The molecule has 0 saturated carbocycles. The predicted molar refractivity (Wildman–Crippen MR) is 137 cm³/mol. The Labute approximate surface area is 208 Å². The SMILES string of the molecule is Cn1nc(C2CCC(=O)NC2=O)c2ccc(N3CCC(OC4CCN(C(C)(C)C)CC4)CC3)cc21. The van der Waals surface area contributed by atoms with Gasteiger partial charge >= 0.3 is 0 Å². The van der Waals surface area contributed by atoms with E-state index >= 15 is 0 Å². The zero-order chi connectivity index (χ0) is 24.7. The van der Waals surface area contributed by atoms with E-state index in [4.69, 9.17) is 4.74 Å². The molecule has 1 aromatic heterocycles. The molecule has 4 heterocycles. The number of amides is 2. The summed E-state index contributed by atoms with van der Waals surface area (Å²) in [5.74, 6) is -0.807. The summed E-state index contributed by atoms with van der Waals surface area (Å²) in [6.07, 6.45) is 5.96. The molecule has 0 spiro atoms. The Hall–Kier alpha value is -2.45. The van der Waals surface area contributed by atoms with Gasteiger partial charge in [0.25, 0.3) is 0 Å². The first-order valence-corrected chi connectivity index (χ1v) is 13.1. The Bertz CT molecular complexity index is 1090. The number of carbonyl (C=O) groups excluding carboxylic acids is 2. The smallest absolute Gasteiger partial charge is 0.235 e. The fourth-order valence-electron chi connectivity index (χ4n) is 5.87. The van der Waals surface area contributed by atoms with Crippen LogP contribution in [0.3, 0.4) is 0 Å². The van der Waals surface area contributed by atoms with Crippen molar-refractivity contribution in [3.05, 3.63) is 23.9 Å². The van der Waals surface area contributed by atoms with Crippen molar-refractivity contribution in [1.82, 2.24) is 20.0 Å². The van der Waals surface area contributed by atoms with Crippen molar-refractivity contribution in [2.45, 2.75) is 83.0 Å². The van der Waals surface area contributed by atoms with E-state index in [1.54, 1.807) is 0 Å². The number of rotatable bonds is 4. The maximum absolute atomic E-state index is 12.4. The maximum atomic E-state index is 12.4. The molecule has 35 heavy (non-hydrogen) atoms. The van der Waals surface area contributed by atoms with Gasteiger partial charge in [0.2, 0.25) is 11.8 Å². The summed E-state index contributed by atoms with van der Waals surface area (Å²) in [6.45, 7) is 11.1. The summed E-state index contributed by atoms with van der Waals surface area (Å²) in [7, 11) is 1.92. The van der Waals surface area contributed by atoms with Crippen molar-refractivity contribution in [3.8, 4) is 0 Å². The Morgan fingerprint density at radius 1 is 0.971 bits per heavy atom. The second-order valence-corrected chi connectivity index (χ2v) is 11.4. The van der Waals surface area contributed by atoms with Crippen LogP contribution in [0.5, 0.6) is 0 Å². The number of hydrogen-bond donors (Lipinski definition) is 1. The van der Waals surface area contributed by atoms with Crippen LogP contribution in [0.15, 0.2) is 18.2 Å². The first-order valence-electron chi connectivity index (χ1n) is 13.1. The number of anilines is 1. The highest BCUT2D eigenvalue weighted by Crippen LogP contribution is 2.33. The molecule has 0 aliphatic carbocycles. The number of imide groups is 1. The topological polar surface area (TPSA) is 79.7 Å². The molecule has 1 N–H and O–H groups in total. The fourth-order valence-corrected chi connectivity index (χ4v) is 5.87. The quantitative estimate of drug-likeness (QED) is 0.675. The number of nitrogens with one attached hydrogen (secondary N) is 1.